The second kappa shape index (κ2) is 7.16. The highest BCUT2D eigenvalue weighted by Gasteiger charge is 2.13. The Morgan fingerprint density at radius 1 is 1.17 bits per heavy atom. The number of hydrogen-bond donors (Lipinski definition) is 1. The molecule has 7 nitrogen and oxygen atoms in total. The van der Waals surface area contributed by atoms with Gasteiger partial charge in [0, 0.05) is 17.7 Å². The topological polar surface area (TPSA) is 106 Å². The van der Waals surface area contributed by atoms with Gasteiger partial charge in [0.25, 0.3) is 5.69 Å². The fraction of sp³-hybridized carbons (Fsp3) is 0.0625. The Bertz CT molecular complexity index is 920. The molecule has 0 fully saturated rings. The lowest BCUT2D eigenvalue weighted by atomic mass is 10.1. The lowest BCUT2D eigenvalue weighted by Crippen LogP contribution is -2.18. The number of sulfonamides is 1. The Morgan fingerprint density at radius 3 is 2.54 bits per heavy atom. The molecule has 0 aliphatic heterocycles. The summed E-state index contributed by atoms with van der Waals surface area (Å²) in [4.78, 5) is 22.4. The van der Waals surface area contributed by atoms with Crippen LogP contribution in [0.15, 0.2) is 59.5 Å². The number of nitrogens with one attached hydrogen (secondary N) is 1. The molecule has 0 heterocycles. The van der Waals surface area contributed by atoms with E-state index in [9.17, 15) is 23.3 Å². The maximum absolute atomic E-state index is 12.2. The molecule has 2 aromatic rings. The minimum absolute atomic E-state index is 0.0143. The number of carbonyl (C=O) groups excluding carboxylic acids is 1. The zero-order valence-corrected chi connectivity index (χ0v) is 13.5. The van der Waals surface area contributed by atoms with E-state index in [0.29, 0.717) is 5.56 Å². The summed E-state index contributed by atoms with van der Waals surface area (Å²) >= 11 is 0. The van der Waals surface area contributed by atoms with Crippen LogP contribution in [0.2, 0.25) is 0 Å². The van der Waals surface area contributed by atoms with Crippen molar-refractivity contribution in [2.24, 2.45) is 0 Å². The van der Waals surface area contributed by atoms with E-state index in [-0.39, 0.29) is 16.1 Å². The van der Waals surface area contributed by atoms with E-state index < -0.39 is 20.7 Å². The Labute approximate surface area is 138 Å². The summed E-state index contributed by atoms with van der Waals surface area (Å²) < 4.78 is 25.7. The van der Waals surface area contributed by atoms with E-state index >= 15 is 0 Å². The van der Waals surface area contributed by atoms with Gasteiger partial charge in [-0.1, -0.05) is 30.3 Å². The molecule has 0 spiro atoms. The van der Waals surface area contributed by atoms with Crippen molar-refractivity contribution in [1.29, 1.82) is 0 Å². The first-order valence-corrected chi connectivity index (χ1v) is 8.32. The molecule has 0 saturated carbocycles. The van der Waals surface area contributed by atoms with Gasteiger partial charge in [-0.3, -0.25) is 14.9 Å². The highest BCUT2D eigenvalue weighted by Crippen LogP contribution is 2.16. The van der Waals surface area contributed by atoms with Gasteiger partial charge in [0.2, 0.25) is 10.0 Å². The van der Waals surface area contributed by atoms with E-state index in [1.807, 2.05) is 0 Å². The predicted molar refractivity (Wildman–Crippen MR) is 89.1 cm³/mol. The van der Waals surface area contributed by atoms with Crippen LogP contribution in [-0.4, -0.2) is 26.2 Å². The van der Waals surface area contributed by atoms with Crippen LogP contribution in [-0.2, 0) is 10.0 Å². The first kappa shape index (κ1) is 17.5. The van der Waals surface area contributed by atoms with Crippen LogP contribution in [0, 0.1) is 10.1 Å². The third-order valence-corrected chi connectivity index (χ3v) is 4.62. The molecule has 2 rings (SSSR count). The number of non-ortho nitro benzene ring substituents is 1. The van der Waals surface area contributed by atoms with Crippen molar-refractivity contribution in [1.82, 2.24) is 4.72 Å². The zero-order valence-electron chi connectivity index (χ0n) is 12.7. The van der Waals surface area contributed by atoms with Gasteiger partial charge >= 0.3 is 0 Å². The van der Waals surface area contributed by atoms with Crippen molar-refractivity contribution in [2.75, 3.05) is 7.05 Å². The van der Waals surface area contributed by atoms with Gasteiger partial charge in [-0.05, 0) is 30.8 Å². The number of nitro groups is 1. The van der Waals surface area contributed by atoms with Crippen molar-refractivity contribution in [3.63, 3.8) is 0 Å². The second-order valence-corrected chi connectivity index (χ2v) is 6.67. The number of benzene rings is 2. The van der Waals surface area contributed by atoms with Gasteiger partial charge in [-0.15, -0.1) is 0 Å². The molecule has 2 aromatic carbocycles. The number of nitro benzene ring substituents is 1. The van der Waals surface area contributed by atoms with Gasteiger partial charge in [0.15, 0.2) is 5.78 Å². The number of ketones is 1. The summed E-state index contributed by atoms with van der Waals surface area (Å²) in [6, 6.07) is 11.4. The minimum atomic E-state index is -3.64. The molecular weight excluding hydrogens is 332 g/mol. The van der Waals surface area contributed by atoms with Crippen molar-refractivity contribution in [3.05, 3.63) is 75.8 Å². The molecule has 0 aliphatic carbocycles. The molecule has 0 radical (unpaired) electrons. The summed E-state index contributed by atoms with van der Waals surface area (Å²) in [5, 5.41) is 10.7. The summed E-state index contributed by atoms with van der Waals surface area (Å²) in [7, 11) is -2.35. The predicted octanol–water partition coefficient (Wildman–Crippen LogP) is 2.40. The molecule has 24 heavy (non-hydrogen) atoms. The summed E-state index contributed by atoms with van der Waals surface area (Å²) in [5.41, 5.74) is 0.622. The first-order valence-electron chi connectivity index (χ1n) is 6.84. The summed E-state index contributed by atoms with van der Waals surface area (Å²) in [5.74, 6) is -0.408. The molecule has 0 unspecified atom stereocenters. The van der Waals surface area contributed by atoms with Gasteiger partial charge in [0.05, 0.1) is 9.82 Å². The molecule has 1 N–H and O–H groups in total. The zero-order chi connectivity index (χ0) is 17.7. The van der Waals surface area contributed by atoms with E-state index in [4.69, 9.17) is 0 Å². The largest absolute Gasteiger partial charge is 0.289 e. The number of rotatable bonds is 6. The van der Waals surface area contributed by atoms with Crippen LogP contribution in [0.3, 0.4) is 0 Å². The van der Waals surface area contributed by atoms with Crippen LogP contribution >= 0.6 is 0 Å². The van der Waals surface area contributed by atoms with Gasteiger partial charge in [-0.2, -0.15) is 0 Å². The maximum atomic E-state index is 12.2. The average Bonchev–Trinajstić information content (AvgIpc) is 2.60. The first-order chi connectivity index (χ1) is 11.3. The fourth-order valence-corrected chi connectivity index (χ4v) is 2.72. The Kier molecular flexibility index (Phi) is 5.22. The summed E-state index contributed by atoms with van der Waals surface area (Å²) in [6.45, 7) is 0. The van der Waals surface area contributed by atoms with E-state index in [2.05, 4.69) is 4.72 Å². The van der Waals surface area contributed by atoms with Crippen LogP contribution in [0.1, 0.15) is 15.9 Å². The third kappa shape index (κ3) is 4.12. The monoisotopic (exact) mass is 346 g/mol. The highest BCUT2D eigenvalue weighted by atomic mass is 32.2. The van der Waals surface area contributed by atoms with Crippen molar-refractivity contribution < 1.29 is 18.1 Å². The highest BCUT2D eigenvalue weighted by molar-refractivity contribution is 7.89. The second-order valence-electron chi connectivity index (χ2n) is 4.79. The molecule has 0 amide bonds. The normalized spacial score (nSPS) is 11.5. The number of nitrogens with zero attached hydrogens (tertiary/aromatic N) is 1. The summed E-state index contributed by atoms with van der Waals surface area (Å²) in [6.07, 6.45) is 2.68. The smallest absolute Gasteiger partial charge is 0.270 e. The van der Waals surface area contributed by atoms with Crippen LogP contribution < -0.4 is 4.72 Å². The molecule has 0 aliphatic rings. The fourth-order valence-electron chi connectivity index (χ4n) is 1.94. The van der Waals surface area contributed by atoms with Gasteiger partial charge in [-0.25, -0.2) is 13.1 Å². The SMILES string of the molecule is CNS(=O)(=O)c1cccc(C(=O)/C=C/c2cccc([N+](=O)[O-])c2)c1. The van der Waals surface area contributed by atoms with Crippen molar-refractivity contribution in [3.8, 4) is 0 Å². The standard InChI is InChI=1S/C16H14N2O5S/c1-17-24(22,23)15-7-3-5-13(11-15)16(19)9-8-12-4-2-6-14(10-12)18(20)21/h2-11,17H,1H3/b9-8+. The van der Waals surface area contributed by atoms with E-state index in [1.54, 1.807) is 6.07 Å². The number of allylic oxidation sites excluding steroid dienone is 1. The van der Waals surface area contributed by atoms with Crippen LogP contribution in [0.4, 0.5) is 5.69 Å². The average molecular weight is 346 g/mol. The van der Waals surface area contributed by atoms with E-state index in [0.717, 1.165) is 0 Å². The Balaban J connectivity index is 2.26. The van der Waals surface area contributed by atoms with E-state index in [1.165, 1.54) is 61.7 Å². The Hall–Kier alpha value is -2.84. The van der Waals surface area contributed by atoms with Crippen LogP contribution in [0.5, 0.6) is 0 Å². The van der Waals surface area contributed by atoms with Gasteiger partial charge < -0.3 is 0 Å². The van der Waals surface area contributed by atoms with Gasteiger partial charge in [0.1, 0.15) is 0 Å². The molecular formula is C16H14N2O5S. The lowest BCUT2D eigenvalue weighted by Gasteiger charge is -2.03. The molecule has 0 atom stereocenters. The third-order valence-electron chi connectivity index (χ3n) is 3.21. The Morgan fingerprint density at radius 2 is 1.88 bits per heavy atom. The lowest BCUT2D eigenvalue weighted by molar-refractivity contribution is -0.384. The number of hydrogen-bond acceptors (Lipinski definition) is 5. The molecule has 0 aromatic heterocycles. The number of carbonyl (C=O) groups is 1. The van der Waals surface area contributed by atoms with Crippen LogP contribution in [0.25, 0.3) is 6.08 Å². The molecule has 0 bridgehead atoms. The molecule has 8 heteroatoms. The quantitative estimate of drug-likeness (QED) is 0.374. The minimum Gasteiger partial charge on any atom is -0.289 e. The molecule has 0 saturated heterocycles. The van der Waals surface area contributed by atoms with Crippen molar-refractivity contribution in [2.45, 2.75) is 4.90 Å². The van der Waals surface area contributed by atoms with Crippen molar-refractivity contribution >= 4 is 27.6 Å². The maximum Gasteiger partial charge on any atom is 0.270 e. The molecule has 124 valence electrons.